The minimum absolute atomic E-state index is 0.111. The van der Waals surface area contributed by atoms with Gasteiger partial charge >= 0.3 is 6.18 Å². The fourth-order valence-corrected chi connectivity index (χ4v) is 1.72. The minimum atomic E-state index is -4.19. The van der Waals surface area contributed by atoms with Crippen LogP contribution in [0.1, 0.15) is 25.5 Å². The van der Waals surface area contributed by atoms with Crippen LogP contribution in [0.15, 0.2) is 24.3 Å². The molecule has 96 valence electrons. The van der Waals surface area contributed by atoms with Crippen molar-refractivity contribution in [3.8, 4) is 5.75 Å². The lowest BCUT2D eigenvalue weighted by Crippen LogP contribution is -2.36. The number of phenolic OH excluding ortho intramolecular Hbond substituents is 1. The predicted octanol–water partition coefficient (Wildman–Crippen LogP) is 3.34. The second-order valence-corrected chi connectivity index (χ2v) is 3.95. The molecule has 1 atom stereocenters. The number of hydrogen-bond acceptors (Lipinski definition) is 2. The van der Waals surface area contributed by atoms with Crippen molar-refractivity contribution in [2.75, 3.05) is 13.1 Å². The lowest BCUT2D eigenvalue weighted by Gasteiger charge is -2.28. The quantitative estimate of drug-likeness (QED) is 0.882. The Bertz CT molecular complexity index is 348. The number of hydrogen-bond donors (Lipinski definition) is 1. The molecule has 0 saturated carbocycles. The lowest BCUT2D eigenvalue weighted by atomic mass is 10.1. The van der Waals surface area contributed by atoms with E-state index in [0.29, 0.717) is 6.54 Å². The summed E-state index contributed by atoms with van der Waals surface area (Å²) in [6, 6.07) is 5.90. The van der Waals surface area contributed by atoms with Gasteiger partial charge in [0, 0.05) is 6.04 Å². The Morgan fingerprint density at radius 1 is 1.24 bits per heavy atom. The molecule has 1 N–H and O–H groups in total. The summed E-state index contributed by atoms with van der Waals surface area (Å²) in [5.74, 6) is 0.111. The molecule has 0 spiro atoms. The van der Waals surface area contributed by atoms with Crippen molar-refractivity contribution in [2.45, 2.75) is 26.1 Å². The first-order valence-corrected chi connectivity index (χ1v) is 5.43. The summed E-state index contributed by atoms with van der Waals surface area (Å²) >= 11 is 0. The molecule has 0 aliphatic rings. The van der Waals surface area contributed by atoms with Crippen molar-refractivity contribution >= 4 is 0 Å². The Kier molecular flexibility index (Phi) is 4.40. The Balaban J connectivity index is 2.78. The molecular formula is C12H16F3NO. The lowest BCUT2D eigenvalue weighted by molar-refractivity contribution is -0.150. The average molecular weight is 247 g/mol. The van der Waals surface area contributed by atoms with Crippen LogP contribution in [0, 0.1) is 0 Å². The number of rotatable bonds is 4. The van der Waals surface area contributed by atoms with Crippen LogP contribution < -0.4 is 0 Å². The maximum Gasteiger partial charge on any atom is 0.401 e. The van der Waals surface area contributed by atoms with E-state index >= 15 is 0 Å². The van der Waals surface area contributed by atoms with E-state index in [-0.39, 0.29) is 11.8 Å². The zero-order valence-corrected chi connectivity index (χ0v) is 9.83. The van der Waals surface area contributed by atoms with Gasteiger partial charge in [0.1, 0.15) is 5.75 Å². The molecule has 0 saturated heterocycles. The first-order valence-electron chi connectivity index (χ1n) is 5.43. The number of phenols is 1. The number of nitrogens with zero attached hydrogens (tertiary/aromatic N) is 1. The summed E-state index contributed by atoms with van der Waals surface area (Å²) in [6.45, 7) is 2.82. The minimum Gasteiger partial charge on any atom is -0.508 e. The topological polar surface area (TPSA) is 23.5 Å². The number of alkyl halides is 3. The highest BCUT2D eigenvalue weighted by atomic mass is 19.4. The van der Waals surface area contributed by atoms with Crippen LogP contribution in [0.4, 0.5) is 13.2 Å². The molecule has 0 aliphatic heterocycles. The highest BCUT2D eigenvalue weighted by Crippen LogP contribution is 2.26. The molecule has 5 heteroatoms. The van der Waals surface area contributed by atoms with Crippen LogP contribution in [0.25, 0.3) is 0 Å². The maximum absolute atomic E-state index is 12.4. The van der Waals surface area contributed by atoms with E-state index in [1.807, 2.05) is 0 Å². The van der Waals surface area contributed by atoms with E-state index in [2.05, 4.69) is 0 Å². The van der Waals surface area contributed by atoms with Crippen LogP contribution in [0.2, 0.25) is 0 Å². The molecule has 0 heterocycles. The molecule has 1 unspecified atom stereocenters. The molecule has 17 heavy (non-hydrogen) atoms. The Morgan fingerprint density at radius 2 is 1.76 bits per heavy atom. The summed E-state index contributed by atoms with van der Waals surface area (Å²) in [7, 11) is 0. The first-order chi connectivity index (χ1) is 7.83. The van der Waals surface area contributed by atoms with E-state index in [4.69, 9.17) is 5.11 Å². The highest BCUT2D eigenvalue weighted by molar-refractivity contribution is 5.27. The van der Waals surface area contributed by atoms with E-state index < -0.39 is 12.7 Å². The van der Waals surface area contributed by atoms with Gasteiger partial charge in [-0.3, -0.25) is 4.90 Å². The van der Waals surface area contributed by atoms with Crippen molar-refractivity contribution in [1.29, 1.82) is 0 Å². The average Bonchev–Trinajstić information content (AvgIpc) is 2.25. The molecule has 0 bridgehead atoms. The second-order valence-electron chi connectivity index (χ2n) is 3.95. The summed E-state index contributed by atoms with van der Waals surface area (Å²) in [6.07, 6.45) is -4.19. The molecule has 1 aromatic carbocycles. The van der Waals surface area contributed by atoms with Gasteiger partial charge in [0.15, 0.2) is 0 Å². The van der Waals surface area contributed by atoms with Crippen molar-refractivity contribution in [2.24, 2.45) is 0 Å². The van der Waals surface area contributed by atoms with Crippen LogP contribution in [0.3, 0.4) is 0 Å². The van der Waals surface area contributed by atoms with E-state index in [0.717, 1.165) is 5.56 Å². The second kappa shape index (κ2) is 5.40. The van der Waals surface area contributed by atoms with Crippen LogP contribution in [0.5, 0.6) is 5.75 Å². The highest BCUT2D eigenvalue weighted by Gasteiger charge is 2.32. The van der Waals surface area contributed by atoms with Gasteiger partial charge in [0.05, 0.1) is 6.54 Å². The summed E-state index contributed by atoms with van der Waals surface area (Å²) in [5.41, 5.74) is 0.758. The molecule has 0 amide bonds. The fraction of sp³-hybridized carbons (Fsp3) is 0.500. The smallest absolute Gasteiger partial charge is 0.401 e. The third-order valence-electron chi connectivity index (χ3n) is 2.71. The monoisotopic (exact) mass is 247 g/mol. The van der Waals surface area contributed by atoms with Gasteiger partial charge in [0.25, 0.3) is 0 Å². The zero-order valence-electron chi connectivity index (χ0n) is 9.83. The van der Waals surface area contributed by atoms with Crippen LogP contribution >= 0.6 is 0 Å². The summed E-state index contributed by atoms with van der Waals surface area (Å²) in [4.78, 5) is 1.34. The molecule has 0 radical (unpaired) electrons. The standard InChI is InChI=1S/C12H16F3NO/c1-3-16(8-12(13,14)15)9(2)10-4-6-11(17)7-5-10/h4-7,9,17H,3,8H2,1-2H3. The van der Waals surface area contributed by atoms with Gasteiger partial charge in [-0.2, -0.15) is 13.2 Å². The number of aromatic hydroxyl groups is 1. The Morgan fingerprint density at radius 3 is 2.18 bits per heavy atom. The van der Waals surface area contributed by atoms with Gasteiger partial charge in [-0.15, -0.1) is 0 Å². The zero-order chi connectivity index (χ0) is 13.1. The van der Waals surface area contributed by atoms with E-state index in [9.17, 15) is 13.2 Å². The fourth-order valence-electron chi connectivity index (χ4n) is 1.72. The third-order valence-corrected chi connectivity index (χ3v) is 2.71. The molecule has 1 aromatic rings. The van der Waals surface area contributed by atoms with Gasteiger partial charge in [-0.25, -0.2) is 0 Å². The van der Waals surface area contributed by atoms with Crippen molar-refractivity contribution < 1.29 is 18.3 Å². The SMILES string of the molecule is CCN(CC(F)(F)F)C(C)c1ccc(O)cc1. The third kappa shape index (κ3) is 4.26. The molecule has 0 aromatic heterocycles. The Hall–Kier alpha value is -1.23. The first kappa shape index (κ1) is 13.8. The van der Waals surface area contributed by atoms with Gasteiger partial charge in [0.2, 0.25) is 0 Å². The number of benzene rings is 1. The summed E-state index contributed by atoms with van der Waals surface area (Å²) in [5, 5.41) is 9.13. The molecule has 1 rings (SSSR count). The van der Waals surface area contributed by atoms with Gasteiger partial charge < -0.3 is 5.11 Å². The van der Waals surface area contributed by atoms with E-state index in [1.165, 1.54) is 17.0 Å². The van der Waals surface area contributed by atoms with Crippen molar-refractivity contribution in [1.82, 2.24) is 4.90 Å². The summed E-state index contributed by atoms with van der Waals surface area (Å²) < 4.78 is 37.1. The van der Waals surface area contributed by atoms with Crippen molar-refractivity contribution in [3.63, 3.8) is 0 Å². The molecular weight excluding hydrogens is 231 g/mol. The predicted molar refractivity (Wildman–Crippen MR) is 59.8 cm³/mol. The van der Waals surface area contributed by atoms with Crippen LogP contribution in [-0.2, 0) is 0 Å². The largest absolute Gasteiger partial charge is 0.508 e. The van der Waals surface area contributed by atoms with Gasteiger partial charge in [-0.1, -0.05) is 19.1 Å². The van der Waals surface area contributed by atoms with Crippen molar-refractivity contribution in [3.05, 3.63) is 29.8 Å². The Labute approximate surface area is 98.7 Å². The molecule has 2 nitrogen and oxygen atoms in total. The van der Waals surface area contributed by atoms with Crippen LogP contribution in [-0.4, -0.2) is 29.3 Å². The maximum atomic E-state index is 12.4. The normalized spacial score (nSPS) is 14.0. The molecule has 0 aliphatic carbocycles. The van der Waals surface area contributed by atoms with E-state index in [1.54, 1.807) is 26.0 Å². The molecule has 0 fully saturated rings. The van der Waals surface area contributed by atoms with Gasteiger partial charge in [-0.05, 0) is 31.2 Å². The number of halogens is 3.